The van der Waals surface area contributed by atoms with Crippen LogP contribution in [-0.4, -0.2) is 44.7 Å². The lowest BCUT2D eigenvalue weighted by atomic mass is 9.98. The predicted octanol–water partition coefficient (Wildman–Crippen LogP) is 4.34. The number of hydrogen-bond acceptors (Lipinski definition) is 3. The molecule has 1 saturated heterocycles. The third-order valence-corrected chi connectivity index (χ3v) is 4.95. The molecule has 0 spiro atoms. The van der Waals surface area contributed by atoms with Gasteiger partial charge in [0.1, 0.15) is 6.10 Å². The third-order valence-electron chi connectivity index (χ3n) is 4.95. The molecule has 0 amide bonds. The molecule has 1 fully saturated rings. The highest BCUT2D eigenvalue weighted by atomic mass is 16.5. The Morgan fingerprint density at radius 2 is 1.60 bits per heavy atom. The van der Waals surface area contributed by atoms with Gasteiger partial charge in [-0.25, -0.2) is 0 Å². The van der Waals surface area contributed by atoms with E-state index < -0.39 is 0 Å². The minimum Gasteiger partial charge on any atom is -0.369 e. The summed E-state index contributed by atoms with van der Waals surface area (Å²) in [6, 6.07) is 19.4. The van der Waals surface area contributed by atoms with Crippen molar-refractivity contribution < 1.29 is 4.74 Å². The van der Waals surface area contributed by atoms with Crippen molar-refractivity contribution in [3.05, 3.63) is 65.7 Å². The average molecular weight is 338 g/mol. The molecule has 2 aromatic carbocycles. The van der Waals surface area contributed by atoms with Crippen LogP contribution in [0.25, 0.3) is 0 Å². The fourth-order valence-electron chi connectivity index (χ4n) is 3.38. The molecule has 1 aliphatic rings. The molecule has 3 rings (SSSR count). The molecule has 1 atom stereocenters. The summed E-state index contributed by atoms with van der Waals surface area (Å²) in [5, 5.41) is 0. The Morgan fingerprint density at radius 3 is 2.32 bits per heavy atom. The van der Waals surface area contributed by atoms with E-state index in [0.717, 1.165) is 45.6 Å². The van der Waals surface area contributed by atoms with Crippen LogP contribution in [0.15, 0.2) is 54.6 Å². The van der Waals surface area contributed by atoms with Crippen molar-refractivity contribution in [3.63, 3.8) is 0 Å². The van der Waals surface area contributed by atoms with Gasteiger partial charge in [0, 0.05) is 44.0 Å². The zero-order valence-electron chi connectivity index (χ0n) is 15.5. The lowest BCUT2D eigenvalue weighted by Crippen LogP contribution is -2.45. The van der Waals surface area contributed by atoms with Gasteiger partial charge in [-0.1, -0.05) is 61.9 Å². The van der Waals surface area contributed by atoms with E-state index in [2.05, 4.69) is 78.4 Å². The minimum absolute atomic E-state index is 0.00334. The highest BCUT2D eigenvalue weighted by molar-refractivity contribution is 5.57. The van der Waals surface area contributed by atoms with E-state index in [1.165, 1.54) is 16.8 Å². The molecule has 0 radical (unpaired) electrons. The second-order valence-corrected chi connectivity index (χ2v) is 6.86. The van der Waals surface area contributed by atoms with E-state index in [1.54, 1.807) is 0 Å². The zero-order chi connectivity index (χ0) is 17.5. The van der Waals surface area contributed by atoms with E-state index in [1.807, 2.05) is 0 Å². The molecule has 3 nitrogen and oxygen atoms in total. The number of hydrogen-bond donors (Lipinski definition) is 0. The van der Waals surface area contributed by atoms with Crippen LogP contribution in [0.2, 0.25) is 0 Å². The van der Waals surface area contributed by atoms with E-state index in [0.29, 0.717) is 0 Å². The van der Waals surface area contributed by atoms with Crippen LogP contribution in [-0.2, 0) is 4.74 Å². The lowest BCUT2D eigenvalue weighted by molar-refractivity contribution is 0.0780. The Labute approximate surface area is 152 Å². The number of likely N-dealkylation sites (N-methyl/N-ethyl adjacent to an activating group) is 1. The van der Waals surface area contributed by atoms with Gasteiger partial charge in [-0.2, -0.15) is 0 Å². The highest BCUT2D eigenvalue weighted by Crippen LogP contribution is 2.34. The summed E-state index contributed by atoms with van der Waals surface area (Å²) in [6.45, 7) is 7.38. The first-order valence-corrected chi connectivity index (χ1v) is 9.48. The number of unbranched alkanes of at least 4 members (excludes halogenated alkanes) is 1. The molecule has 1 aliphatic heterocycles. The molecule has 2 aromatic rings. The summed E-state index contributed by atoms with van der Waals surface area (Å²) in [6.07, 6.45) is 2.25. The van der Waals surface area contributed by atoms with Crippen molar-refractivity contribution in [2.75, 3.05) is 44.7 Å². The zero-order valence-corrected chi connectivity index (χ0v) is 15.5. The van der Waals surface area contributed by atoms with Gasteiger partial charge in [-0.15, -0.1) is 0 Å². The molecule has 25 heavy (non-hydrogen) atoms. The highest BCUT2D eigenvalue weighted by Gasteiger charge is 2.22. The predicted molar refractivity (Wildman–Crippen MR) is 105 cm³/mol. The van der Waals surface area contributed by atoms with Gasteiger partial charge in [-0.05, 0) is 25.1 Å². The van der Waals surface area contributed by atoms with Gasteiger partial charge in [-0.3, -0.25) is 0 Å². The van der Waals surface area contributed by atoms with Gasteiger partial charge in [0.15, 0.2) is 0 Å². The summed E-state index contributed by atoms with van der Waals surface area (Å²) in [4.78, 5) is 4.90. The Balaban J connectivity index is 1.90. The number of nitrogens with zero attached hydrogens (tertiary/aromatic N) is 2. The SMILES string of the molecule is CCCCOC(c1ccccc1)c1ccccc1N1CCN(C)CC1. The Morgan fingerprint density at radius 1 is 0.920 bits per heavy atom. The van der Waals surface area contributed by atoms with Crippen LogP contribution < -0.4 is 4.90 Å². The average Bonchev–Trinajstić information content (AvgIpc) is 2.67. The molecule has 0 saturated carbocycles. The fraction of sp³-hybridized carbons (Fsp3) is 0.455. The van der Waals surface area contributed by atoms with Crippen molar-refractivity contribution in [2.24, 2.45) is 0 Å². The molecule has 0 aliphatic carbocycles. The monoisotopic (exact) mass is 338 g/mol. The topological polar surface area (TPSA) is 15.7 Å². The maximum atomic E-state index is 6.37. The van der Waals surface area contributed by atoms with Gasteiger partial charge in [0.25, 0.3) is 0 Å². The number of anilines is 1. The number of rotatable bonds is 7. The van der Waals surface area contributed by atoms with Crippen LogP contribution in [0, 0.1) is 0 Å². The van der Waals surface area contributed by atoms with E-state index in [4.69, 9.17) is 4.74 Å². The van der Waals surface area contributed by atoms with E-state index in [9.17, 15) is 0 Å². The van der Waals surface area contributed by atoms with Crippen molar-refractivity contribution in [3.8, 4) is 0 Å². The number of piperazine rings is 1. The molecular weight excluding hydrogens is 308 g/mol. The van der Waals surface area contributed by atoms with Crippen molar-refractivity contribution in [2.45, 2.75) is 25.9 Å². The minimum atomic E-state index is 0.00334. The number of para-hydroxylation sites is 1. The molecule has 134 valence electrons. The first-order valence-electron chi connectivity index (χ1n) is 9.48. The second kappa shape index (κ2) is 9.02. The number of ether oxygens (including phenoxy) is 1. The first kappa shape index (κ1) is 18.0. The normalized spacial score (nSPS) is 16.8. The van der Waals surface area contributed by atoms with E-state index in [-0.39, 0.29) is 6.10 Å². The summed E-state index contributed by atoms with van der Waals surface area (Å²) < 4.78 is 6.37. The molecule has 1 heterocycles. The molecule has 0 N–H and O–H groups in total. The first-order chi connectivity index (χ1) is 12.3. The molecular formula is C22H30N2O. The summed E-state index contributed by atoms with van der Waals surface area (Å²) in [7, 11) is 2.20. The van der Waals surface area contributed by atoms with E-state index >= 15 is 0 Å². The Kier molecular flexibility index (Phi) is 6.48. The largest absolute Gasteiger partial charge is 0.369 e. The van der Waals surface area contributed by atoms with Gasteiger partial charge >= 0.3 is 0 Å². The molecule has 1 unspecified atom stereocenters. The standard InChI is InChI=1S/C22H30N2O/c1-3-4-18-25-22(19-10-6-5-7-11-19)20-12-8-9-13-21(20)24-16-14-23(2)15-17-24/h5-13,22H,3-4,14-18H2,1-2H3. The summed E-state index contributed by atoms with van der Waals surface area (Å²) >= 11 is 0. The summed E-state index contributed by atoms with van der Waals surface area (Å²) in [5.74, 6) is 0. The maximum absolute atomic E-state index is 6.37. The van der Waals surface area contributed by atoms with Crippen molar-refractivity contribution in [1.82, 2.24) is 4.90 Å². The van der Waals surface area contributed by atoms with Crippen LogP contribution in [0.5, 0.6) is 0 Å². The van der Waals surface area contributed by atoms with Gasteiger partial charge < -0.3 is 14.5 Å². The van der Waals surface area contributed by atoms with Gasteiger partial charge in [0.05, 0.1) is 0 Å². The summed E-state index contributed by atoms with van der Waals surface area (Å²) in [5.41, 5.74) is 3.84. The molecule has 0 aromatic heterocycles. The molecule has 3 heteroatoms. The van der Waals surface area contributed by atoms with Crippen LogP contribution >= 0.6 is 0 Å². The third kappa shape index (κ3) is 4.62. The van der Waals surface area contributed by atoms with Crippen molar-refractivity contribution in [1.29, 1.82) is 0 Å². The lowest BCUT2D eigenvalue weighted by Gasteiger charge is -2.36. The van der Waals surface area contributed by atoms with Crippen LogP contribution in [0.3, 0.4) is 0 Å². The van der Waals surface area contributed by atoms with Crippen LogP contribution in [0.4, 0.5) is 5.69 Å². The Hall–Kier alpha value is -1.84. The fourth-order valence-corrected chi connectivity index (χ4v) is 3.38. The molecule has 0 bridgehead atoms. The Bertz CT molecular complexity index is 635. The van der Waals surface area contributed by atoms with Crippen molar-refractivity contribution >= 4 is 5.69 Å². The second-order valence-electron chi connectivity index (χ2n) is 6.86. The van der Waals surface area contributed by atoms with Crippen LogP contribution in [0.1, 0.15) is 37.0 Å². The maximum Gasteiger partial charge on any atom is 0.110 e. The number of benzene rings is 2. The quantitative estimate of drug-likeness (QED) is 0.698. The smallest absolute Gasteiger partial charge is 0.110 e. The van der Waals surface area contributed by atoms with Gasteiger partial charge in [0.2, 0.25) is 0 Å².